The van der Waals surface area contributed by atoms with Gasteiger partial charge in [0.05, 0.1) is 18.8 Å². The molecule has 0 radical (unpaired) electrons. The van der Waals surface area contributed by atoms with Crippen LogP contribution in [-0.2, 0) is 6.54 Å². The van der Waals surface area contributed by atoms with Crippen molar-refractivity contribution in [3.05, 3.63) is 11.9 Å². The normalized spacial score (nSPS) is 18.0. The van der Waals surface area contributed by atoms with E-state index in [0.29, 0.717) is 11.4 Å². The van der Waals surface area contributed by atoms with Crippen molar-refractivity contribution in [1.29, 1.82) is 0 Å². The van der Waals surface area contributed by atoms with Crippen LogP contribution in [0.15, 0.2) is 6.20 Å². The van der Waals surface area contributed by atoms with Crippen molar-refractivity contribution in [2.45, 2.75) is 57.5 Å². The molecule has 0 saturated heterocycles. The molecule has 0 spiro atoms. The molecule has 0 unspecified atom stereocenters. The van der Waals surface area contributed by atoms with Gasteiger partial charge in [0.2, 0.25) is 5.78 Å². The van der Waals surface area contributed by atoms with E-state index in [9.17, 15) is 4.79 Å². The average molecular weight is 293 g/mol. The Bertz CT molecular complexity index is 488. The molecule has 0 N–H and O–H groups in total. The van der Waals surface area contributed by atoms with Gasteiger partial charge in [-0.3, -0.25) is 14.4 Å². The van der Waals surface area contributed by atoms with Gasteiger partial charge in [-0.25, -0.2) is 0 Å². The number of methoxy groups -OCH3 is 1. The van der Waals surface area contributed by atoms with E-state index in [-0.39, 0.29) is 5.78 Å². The maximum atomic E-state index is 13.3. The van der Waals surface area contributed by atoms with E-state index >= 15 is 0 Å². The Morgan fingerprint density at radius 1 is 1.38 bits per heavy atom. The molecule has 0 aromatic carbocycles. The lowest BCUT2D eigenvalue weighted by Crippen LogP contribution is -2.53. The molecule has 2 rings (SSSR count). The SMILES string of the molecule is CCCn1ncc(OC)c1C(=O)C1(N(C)C)CCCCC1. The van der Waals surface area contributed by atoms with E-state index in [0.717, 1.165) is 38.6 Å². The summed E-state index contributed by atoms with van der Waals surface area (Å²) >= 11 is 0. The molecule has 5 heteroatoms. The van der Waals surface area contributed by atoms with Crippen molar-refractivity contribution in [3.63, 3.8) is 0 Å². The summed E-state index contributed by atoms with van der Waals surface area (Å²) in [5.74, 6) is 0.759. The average Bonchev–Trinajstić information content (AvgIpc) is 2.90. The van der Waals surface area contributed by atoms with Crippen LogP contribution in [0.1, 0.15) is 55.9 Å². The number of ketones is 1. The number of carbonyl (C=O) groups is 1. The van der Waals surface area contributed by atoms with Crippen LogP contribution in [-0.4, -0.2) is 47.2 Å². The van der Waals surface area contributed by atoms with Crippen LogP contribution in [0.25, 0.3) is 0 Å². The Labute approximate surface area is 127 Å². The third-order valence-electron chi connectivity index (χ3n) is 4.64. The second kappa shape index (κ2) is 6.60. The maximum Gasteiger partial charge on any atom is 0.204 e. The van der Waals surface area contributed by atoms with Gasteiger partial charge < -0.3 is 4.74 Å². The van der Waals surface area contributed by atoms with E-state index in [4.69, 9.17) is 4.74 Å². The van der Waals surface area contributed by atoms with Gasteiger partial charge in [0.25, 0.3) is 0 Å². The predicted molar refractivity (Wildman–Crippen MR) is 82.9 cm³/mol. The number of nitrogens with zero attached hydrogens (tertiary/aromatic N) is 3. The van der Waals surface area contributed by atoms with Gasteiger partial charge >= 0.3 is 0 Å². The lowest BCUT2D eigenvalue weighted by molar-refractivity contribution is 0.0549. The summed E-state index contributed by atoms with van der Waals surface area (Å²) in [7, 11) is 5.62. The Hall–Kier alpha value is -1.36. The fraction of sp³-hybridized carbons (Fsp3) is 0.750. The topological polar surface area (TPSA) is 47.4 Å². The van der Waals surface area contributed by atoms with Crippen LogP contribution < -0.4 is 4.74 Å². The van der Waals surface area contributed by atoms with E-state index in [1.54, 1.807) is 18.0 Å². The summed E-state index contributed by atoms with van der Waals surface area (Å²) < 4.78 is 7.19. The van der Waals surface area contributed by atoms with Gasteiger partial charge in [-0.05, 0) is 33.4 Å². The number of likely N-dealkylation sites (N-methyl/N-ethyl adjacent to an activating group) is 1. The first-order valence-corrected chi connectivity index (χ1v) is 7.89. The zero-order valence-electron chi connectivity index (χ0n) is 13.7. The Morgan fingerprint density at radius 3 is 2.57 bits per heavy atom. The summed E-state index contributed by atoms with van der Waals surface area (Å²) in [5.41, 5.74) is 0.229. The van der Waals surface area contributed by atoms with Crippen molar-refractivity contribution in [2.24, 2.45) is 0 Å². The molecule has 0 atom stereocenters. The highest BCUT2D eigenvalue weighted by Crippen LogP contribution is 2.37. The van der Waals surface area contributed by atoms with Gasteiger partial charge in [0, 0.05) is 6.54 Å². The summed E-state index contributed by atoms with van der Waals surface area (Å²) in [5, 5.41) is 4.34. The summed E-state index contributed by atoms with van der Waals surface area (Å²) in [6, 6.07) is 0. The fourth-order valence-electron chi connectivity index (χ4n) is 3.36. The first-order valence-electron chi connectivity index (χ1n) is 7.89. The fourth-order valence-corrected chi connectivity index (χ4v) is 3.36. The van der Waals surface area contributed by atoms with E-state index in [1.807, 2.05) is 14.1 Å². The van der Waals surface area contributed by atoms with Crippen molar-refractivity contribution < 1.29 is 9.53 Å². The van der Waals surface area contributed by atoms with Crippen LogP contribution in [0.3, 0.4) is 0 Å². The van der Waals surface area contributed by atoms with Crippen molar-refractivity contribution in [1.82, 2.24) is 14.7 Å². The van der Waals surface area contributed by atoms with Crippen molar-refractivity contribution in [3.8, 4) is 5.75 Å². The molecule has 0 bridgehead atoms. The standard InChI is InChI=1S/C16H27N3O2/c1-5-11-19-14(13(21-4)12-17-19)15(20)16(18(2)3)9-7-6-8-10-16/h12H,5-11H2,1-4H3. The first-order chi connectivity index (χ1) is 10.1. The third kappa shape index (κ3) is 2.84. The number of rotatable bonds is 6. The Kier molecular flexibility index (Phi) is 5.04. The summed E-state index contributed by atoms with van der Waals surface area (Å²) in [6.45, 7) is 2.83. The number of aryl methyl sites for hydroxylation is 1. The molecular formula is C16H27N3O2. The number of carbonyl (C=O) groups excluding carboxylic acids is 1. The van der Waals surface area contributed by atoms with E-state index in [2.05, 4.69) is 16.9 Å². The largest absolute Gasteiger partial charge is 0.493 e. The maximum absolute atomic E-state index is 13.3. The van der Waals surface area contributed by atoms with Crippen LogP contribution in [0.5, 0.6) is 5.75 Å². The molecular weight excluding hydrogens is 266 g/mol. The van der Waals surface area contributed by atoms with Gasteiger partial charge in [-0.1, -0.05) is 26.2 Å². The molecule has 0 aliphatic heterocycles. The molecule has 1 aliphatic rings. The highest BCUT2D eigenvalue weighted by Gasteiger charge is 2.44. The molecule has 118 valence electrons. The molecule has 1 aliphatic carbocycles. The lowest BCUT2D eigenvalue weighted by Gasteiger charge is -2.41. The van der Waals surface area contributed by atoms with Gasteiger partial charge in [0.1, 0.15) is 5.69 Å². The second-order valence-electron chi connectivity index (χ2n) is 6.10. The monoisotopic (exact) mass is 293 g/mol. The molecule has 21 heavy (non-hydrogen) atoms. The first kappa shape index (κ1) is 16.0. The molecule has 0 amide bonds. The van der Waals surface area contributed by atoms with Crippen LogP contribution in [0.2, 0.25) is 0 Å². The van der Waals surface area contributed by atoms with Crippen molar-refractivity contribution >= 4 is 5.78 Å². The smallest absolute Gasteiger partial charge is 0.204 e. The van der Waals surface area contributed by atoms with Gasteiger partial charge in [0.15, 0.2) is 5.75 Å². The molecule has 1 saturated carbocycles. The van der Waals surface area contributed by atoms with Crippen molar-refractivity contribution in [2.75, 3.05) is 21.2 Å². The molecule has 1 fully saturated rings. The third-order valence-corrected chi connectivity index (χ3v) is 4.64. The molecule has 5 nitrogen and oxygen atoms in total. The van der Waals surface area contributed by atoms with Gasteiger partial charge in [-0.2, -0.15) is 5.10 Å². The number of hydrogen-bond acceptors (Lipinski definition) is 4. The zero-order chi connectivity index (χ0) is 15.5. The quantitative estimate of drug-likeness (QED) is 0.757. The number of Topliss-reactive ketones (excluding diaryl/α,β-unsaturated/α-hetero) is 1. The molecule has 1 aromatic heterocycles. The van der Waals surface area contributed by atoms with Gasteiger partial charge in [-0.15, -0.1) is 0 Å². The minimum absolute atomic E-state index is 0.162. The number of ether oxygens (including phenoxy) is 1. The number of hydrogen-bond donors (Lipinski definition) is 0. The van der Waals surface area contributed by atoms with E-state index < -0.39 is 5.54 Å². The minimum Gasteiger partial charge on any atom is -0.493 e. The van der Waals surface area contributed by atoms with E-state index in [1.165, 1.54) is 6.42 Å². The molecule has 1 aromatic rings. The Morgan fingerprint density at radius 2 is 2.05 bits per heavy atom. The Balaban J connectivity index is 2.43. The number of aromatic nitrogens is 2. The predicted octanol–water partition coefficient (Wildman–Crippen LogP) is 2.75. The zero-order valence-corrected chi connectivity index (χ0v) is 13.7. The highest BCUT2D eigenvalue weighted by molar-refractivity contribution is 6.04. The second-order valence-corrected chi connectivity index (χ2v) is 6.10. The highest BCUT2D eigenvalue weighted by atomic mass is 16.5. The lowest BCUT2D eigenvalue weighted by atomic mass is 9.76. The summed E-state index contributed by atoms with van der Waals surface area (Å²) in [6.07, 6.45) is 7.87. The van der Waals surface area contributed by atoms with Crippen LogP contribution in [0.4, 0.5) is 0 Å². The van der Waals surface area contributed by atoms with Crippen LogP contribution >= 0.6 is 0 Å². The van der Waals surface area contributed by atoms with Crippen LogP contribution in [0, 0.1) is 0 Å². The summed E-state index contributed by atoms with van der Waals surface area (Å²) in [4.78, 5) is 15.4. The molecule has 1 heterocycles. The minimum atomic E-state index is -0.406.